The maximum Gasteiger partial charge on any atom is 0.454 e. The lowest BCUT2D eigenvalue weighted by atomic mass is 10.1. The van der Waals surface area contributed by atoms with E-state index < -0.39 is 35.2 Å². The predicted octanol–water partition coefficient (Wildman–Crippen LogP) is 3.11. The Morgan fingerprint density at radius 3 is 2.00 bits per heavy atom. The number of ether oxygens (including phenoxy) is 2. The molecule has 25 heavy (non-hydrogen) atoms. The Hall–Kier alpha value is -2.58. The monoisotopic (exact) mass is 361 g/mol. The molecule has 0 aromatic heterocycles. The van der Waals surface area contributed by atoms with E-state index in [-0.39, 0.29) is 18.7 Å². The lowest BCUT2D eigenvalue weighted by Crippen LogP contribution is -2.34. The van der Waals surface area contributed by atoms with Crippen LogP contribution in [0.4, 0.5) is 18.0 Å². The van der Waals surface area contributed by atoms with Gasteiger partial charge in [0.1, 0.15) is 12.2 Å². The molecule has 0 aliphatic heterocycles. The highest BCUT2D eigenvalue weighted by Crippen LogP contribution is 2.21. The minimum atomic E-state index is -4.98. The maximum atomic E-state index is 12.3. The first kappa shape index (κ1) is 20.5. The molecule has 1 aromatic rings. The van der Waals surface area contributed by atoms with Crippen LogP contribution in [0.1, 0.15) is 41.5 Å². The summed E-state index contributed by atoms with van der Waals surface area (Å²) in [6, 6.07) is 3.90. The van der Waals surface area contributed by atoms with Crippen molar-refractivity contribution in [3.63, 3.8) is 0 Å². The number of halogens is 3. The van der Waals surface area contributed by atoms with E-state index in [9.17, 15) is 27.6 Å². The SMILES string of the molecule is CC(C)(C)OC(=O)NCCOC(=O)c1ccc(C(=O)C(F)(F)F)cc1. The first-order valence-electron chi connectivity index (χ1n) is 7.26. The van der Waals surface area contributed by atoms with Crippen LogP contribution in [0.2, 0.25) is 0 Å². The first-order chi connectivity index (χ1) is 11.4. The third-order valence-corrected chi connectivity index (χ3v) is 2.64. The zero-order valence-electron chi connectivity index (χ0n) is 13.9. The van der Waals surface area contributed by atoms with Gasteiger partial charge in [0.15, 0.2) is 0 Å². The predicted molar refractivity (Wildman–Crippen MR) is 81.3 cm³/mol. The third kappa shape index (κ3) is 7.23. The number of alkyl halides is 3. The molecule has 0 unspecified atom stereocenters. The molecule has 1 amide bonds. The van der Waals surface area contributed by atoms with Crippen LogP contribution in [0.3, 0.4) is 0 Å². The van der Waals surface area contributed by atoms with Gasteiger partial charge in [0.2, 0.25) is 0 Å². The topological polar surface area (TPSA) is 81.7 Å². The normalized spacial score (nSPS) is 11.6. The number of carbonyl (C=O) groups is 3. The van der Waals surface area contributed by atoms with Gasteiger partial charge in [-0.1, -0.05) is 12.1 Å². The smallest absolute Gasteiger partial charge is 0.454 e. The van der Waals surface area contributed by atoms with Gasteiger partial charge >= 0.3 is 18.2 Å². The van der Waals surface area contributed by atoms with E-state index in [1.807, 2.05) is 0 Å². The second-order valence-electron chi connectivity index (χ2n) is 5.97. The Morgan fingerprint density at radius 2 is 1.52 bits per heavy atom. The number of amides is 1. The summed E-state index contributed by atoms with van der Waals surface area (Å²) in [6.45, 7) is 4.94. The highest BCUT2D eigenvalue weighted by Gasteiger charge is 2.39. The van der Waals surface area contributed by atoms with Crippen molar-refractivity contribution in [2.24, 2.45) is 0 Å². The van der Waals surface area contributed by atoms with E-state index >= 15 is 0 Å². The molecule has 1 rings (SSSR count). The Labute approximate surface area is 142 Å². The van der Waals surface area contributed by atoms with Gasteiger partial charge in [-0.15, -0.1) is 0 Å². The number of hydrogen-bond acceptors (Lipinski definition) is 5. The molecule has 1 aromatic carbocycles. The number of nitrogens with one attached hydrogen (secondary N) is 1. The van der Waals surface area contributed by atoms with Gasteiger partial charge in [-0.2, -0.15) is 13.2 Å². The summed E-state index contributed by atoms with van der Waals surface area (Å²) in [5.41, 5.74) is -1.25. The van der Waals surface area contributed by atoms with Crippen molar-refractivity contribution in [3.8, 4) is 0 Å². The molecule has 0 bridgehead atoms. The van der Waals surface area contributed by atoms with E-state index in [0.717, 1.165) is 24.3 Å². The molecule has 0 aliphatic carbocycles. The fraction of sp³-hybridized carbons (Fsp3) is 0.438. The Kier molecular flexibility index (Phi) is 6.55. The van der Waals surface area contributed by atoms with Crippen molar-refractivity contribution in [3.05, 3.63) is 35.4 Å². The summed E-state index contributed by atoms with van der Waals surface area (Å²) in [7, 11) is 0. The zero-order valence-corrected chi connectivity index (χ0v) is 13.9. The second-order valence-corrected chi connectivity index (χ2v) is 5.97. The fourth-order valence-corrected chi connectivity index (χ4v) is 1.62. The van der Waals surface area contributed by atoms with Gasteiger partial charge < -0.3 is 14.8 Å². The Morgan fingerprint density at radius 1 is 1.00 bits per heavy atom. The van der Waals surface area contributed by atoms with E-state index in [0.29, 0.717) is 0 Å². The molecule has 0 saturated carbocycles. The average Bonchev–Trinajstić information content (AvgIpc) is 2.48. The van der Waals surface area contributed by atoms with Crippen molar-refractivity contribution in [2.75, 3.05) is 13.2 Å². The first-order valence-corrected chi connectivity index (χ1v) is 7.26. The van der Waals surface area contributed by atoms with Gasteiger partial charge in [0, 0.05) is 5.56 Å². The van der Waals surface area contributed by atoms with Crippen LogP contribution in [0, 0.1) is 0 Å². The Balaban J connectivity index is 2.46. The van der Waals surface area contributed by atoms with Crippen molar-refractivity contribution >= 4 is 17.8 Å². The molecule has 0 fully saturated rings. The lowest BCUT2D eigenvalue weighted by Gasteiger charge is -2.19. The number of carbonyl (C=O) groups excluding carboxylic acids is 3. The minimum absolute atomic E-state index is 0.00525. The largest absolute Gasteiger partial charge is 0.460 e. The van der Waals surface area contributed by atoms with Crippen molar-refractivity contribution in [1.29, 1.82) is 0 Å². The molecule has 0 radical (unpaired) electrons. The number of hydrogen-bond donors (Lipinski definition) is 1. The van der Waals surface area contributed by atoms with E-state index in [2.05, 4.69) is 5.32 Å². The van der Waals surface area contributed by atoms with Crippen LogP contribution in [-0.2, 0) is 9.47 Å². The van der Waals surface area contributed by atoms with E-state index in [4.69, 9.17) is 9.47 Å². The highest BCUT2D eigenvalue weighted by molar-refractivity contribution is 6.01. The average molecular weight is 361 g/mol. The summed E-state index contributed by atoms with van der Waals surface area (Å²) in [5.74, 6) is -2.79. The summed E-state index contributed by atoms with van der Waals surface area (Å²) in [4.78, 5) is 34.1. The third-order valence-electron chi connectivity index (χ3n) is 2.64. The quantitative estimate of drug-likeness (QED) is 0.495. The summed E-state index contributed by atoms with van der Waals surface area (Å²) in [5, 5.41) is 2.38. The highest BCUT2D eigenvalue weighted by atomic mass is 19.4. The minimum Gasteiger partial charge on any atom is -0.460 e. The molecule has 0 atom stereocenters. The van der Waals surface area contributed by atoms with Gasteiger partial charge in [-0.25, -0.2) is 9.59 Å². The summed E-state index contributed by atoms with van der Waals surface area (Å²) < 4.78 is 46.7. The molecule has 0 spiro atoms. The number of ketones is 1. The van der Waals surface area contributed by atoms with Crippen LogP contribution in [0.15, 0.2) is 24.3 Å². The van der Waals surface area contributed by atoms with Gasteiger partial charge in [-0.05, 0) is 32.9 Å². The van der Waals surface area contributed by atoms with E-state index in [1.165, 1.54) is 0 Å². The van der Waals surface area contributed by atoms with Crippen LogP contribution >= 0.6 is 0 Å². The fourth-order valence-electron chi connectivity index (χ4n) is 1.62. The van der Waals surface area contributed by atoms with Crippen LogP contribution in [0.25, 0.3) is 0 Å². The van der Waals surface area contributed by atoms with Gasteiger partial charge in [0.25, 0.3) is 5.78 Å². The standard InChI is InChI=1S/C16H18F3NO5/c1-15(2,3)25-14(23)20-8-9-24-13(22)11-6-4-10(5-7-11)12(21)16(17,18)19/h4-7H,8-9H2,1-3H3,(H,20,23). The van der Waals surface area contributed by atoms with Crippen LogP contribution < -0.4 is 5.32 Å². The molecular weight excluding hydrogens is 343 g/mol. The molecule has 1 N–H and O–H groups in total. The molecule has 138 valence electrons. The maximum absolute atomic E-state index is 12.3. The molecule has 0 aliphatic rings. The molecule has 0 heterocycles. The van der Waals surface area contributed by atoms with E-state index in [1.54, 1.807) is 20.8 Å². The number of rotatable bonds is 5. The molecule has 0 saturated heterocycles. The number of esters is 1. The summed E-state index contributed by atoms with van der Waals surface area (Å²) >= 11 is 0. The van der Waals surface area contributed by atoms with Crippen molar-refractivity contribution in [2.45, 2.75) is 32.5 Å². The van der Waals surface area contributed by atoms with Gasteiger partial charge in [-0.3, -0.25) is 4.79 Å². The molecule has 6 nitrogen and oxygen atoms in total. The second kappa shape index (κ2) is 8.00. The summed E-state index contributed by atoms with van der Waals surface area (Å²) in [6.07, 6.45) is -5.64. The number of alkyl carbamates (subject to hydrolysis) is 1. The van der Waals surface area contributed by atoms with Gasteiger partial charge in [0.05, 0.1) is 12.1 Å². The lowest BCUT2D eigenvalue weighted by molar-refractivity contribution is -0.0885. The number of Topliss-reactive ketones (excluding diaryl/α,β-unsaturated/α-hetero) is 1. The molecule has 9 heteroatoms. The zero-order chi connectivity index (χ0) is 19.3. The molecular formula is C16H18F3NO5. The Bertz CT molecular complexity index is 633. The number of benzene rings is 1. The van der Waals surface area contributed by atoms with Crippen LogP contribution in [0.5, 0.6) is 0 Å². The van der Waals surface area contributed by atoms with Crippen molar-refractivity contribution < 1.29 is 37.0 Å². The van der Waals surface area contributed by atoms with Crippen molar-refractivity contribution in [1.82, 2.24) is 5.32 Å². The van der Waals surface area contributed by atoms with Crippen LogP contribution in [-0.4, -0.2) is 42.8 Å².